The highest BCUT2D eigenvalue weighted by molar-refractivity contribution is 6.31. The normalized spacial score (nSPS) is 22.0. The molecular weight excluding hydrogens is 350 g/mol. The number of benzene rings is 1. The number of halogens is 1. The van der Waals surface area contributed by atoms with E-state index in [1.807, 2.05) is 17.0 Å². The van der Waals surface area contributed by atoms with E-state index in [2.05, 4.69) is 4.98 Å². The molecule has 1 aromatic heterocycles. The molecule has 0 saturated heterocycles. The summed E-state index contributed by atoms with van der Waals surface area (Å²) in [5.41, 5.74) is 2.25. The van der Waals surface area contributed by atoms with Gasteiger partial charge in [-0.05, 0) is 49.4 Å². The minimum atomic E-state index is 0.0938. The fourth-order valence-electron chi connectivity index (χ4n) is 3.79. The van der Waals surface area contributed by atoms with Crippen molar-refractivity contribution in [3.63, 3.8) is 0 Å². The van der Waals surface area contributed by atoms with Crippen LogP contribution in [0.1, 0.15) is 47.2 Å². The number of nitrogens with zero attached hydrogens (tertiary/aromatic N) is 3. The first-order valence-corrected chi connectivity index (χ1v) is 9.13. The largest absolute Gasteiger partial charge is 0.490 e. The summed E-state index contributed by atoms with van der Waals surface area (Å²) in [5.74, 6) is 0.782. The third kappa shape index (κ3) is 3.13. The molecule has 0 radical (unpaired) electrons. The lowest BCUT2D eigenvalue weighted by Crippen LogP contribution is -2.40. The van der Waals surface area contributed by atoms with Crippen LogP contribution in [0.3, 0.4) is 0 Å². The second-order valence-corrected chi connectivity index (χ2v) is 7.17. The summed E-state index contributed by atoms with van der Waals surface area (Å²) in [4.78, 5) is 18.6. The summed E-state index contributed by atoms with van der Waals surface area (Å²) in [7, 11) is 0. The maximum Gasteiger partial charge on any atom is 0.256 e. The topological polar surface area (TPSA) is 66.2 Å². The second kappa shape index (κ2) is 6.97. The van der Waals surface area contributed by atoms with E-state index >= 15 is 0 Å². The molecule has 2 aliphatic rings. The maximum absolute atomic E-state index is 12.6. The fourth-order valence-corrected chi connectivity index (χ4v) is 4.00. The standard InChI is InChI=1S/C20H18ClN3O2/c21-19-9-17(4-1-13(19)10-22)26-16-5-2-15(3-6-16)24-12-14-7-8-23-11-18(14)20(24)25/h1,4,7-9,11,15-16H,2-3,5-6,12H2. The van der Waals surface area contributed by atoms with Gasteiger partial charge in [0, 0.05) is 31.0 Å². The Labute approximate surface area is 157 Å². The van der Waals surface area contributed by atoms with Crippen molar-refractivity contribution in [1.82, 2.24) is 9.88 Å². The van der Waals surface area contributed by atoms with E-state index in [0.29, 0.717) is 22.9 Å². The van der Waals surface area contributed by atoms with Gasteiger partial charge in [-0.15, -0.1) is 0 Å². The van der Waals surface area contributed by atoms with E-state index in [9.17, 15) is 4.79 Å². The van der Waals surface area contributed by atoms with Gasteiger partial charge in [0.2, 0.25) is 0 Å². The van der Waals surface area contributed by atoms with Crippen molar-refractivity contribution in [2.24, 2.45) is 0 Å². The zero-order valence-electron chi connectivity index (χ0n) is 14.2. The third-order valence-electron chi connectivity index (χ3n) is 5.19. The monoisotopic (exact) mass is 367 g/mol. The molecule has 2 heterocycles. The van der Waals surface area contributed by atoms with E-state index in [1.165, 1.54) is 0 Å². The number of aromatic nitrogens is 1. The predicted octanol–water partition coefficient (Wildman–Crippen LogP) is 3.95. The van der Waals surface area contributed by atoms with E-state index < -0.39 is 0 Å². The number of amides is 1. The van der Waals surface area contributed by atoms with Crippen LogP contribution in [-0.4, -0.2) is 27.9 Å². The molecule has 0 spiro atoms. The van der Waals surface area contributed by atoms with Gasteiger partial charge in [-0.3, -0.25) is 9.78 Å². The molecule has 1 saturated carbocycles. The third-order valence-corrected chi connectivity index (χ3v) is 5.50. The Kier molecular flexibility index (Phi) is 4.52. The average Bonchev–Trinajstić information content (AvgIpc) is 3.00. The average molecular weight is 368 g/mol. The summed E-state index contributed by atoms with van der Waals surface area (Å²) < 4.78 is 6.03. The Morgan fingerprint density at radius 2 is 2.04 bits per heavy atom. The van der Waals surface area contributed by atoms with Gasteiger partial charge < -0.3 is 9.64 Å². The second-order valence-electron chi connectivity index (χ2n) is 6.77. The van der Waals surface area contributed by atoms with Crippen LogP contribution in [0.5, 0.6) is 5.75 Å². The Morgan fingerprint density at radius 1 is 1.23 bits per heavy atom. The number of pyridine rings is 1. The molecule has 1 aromatic carbocycles. The van der Waals surface area contributed by atoms with Crippen molar-refractivity contribution in [2.45, 2.75) is 44.4 Å². The summed E-state index contributed by atoms with van der Waals surface area (Å²) >= 11 is 6.06. The molecule has 5 nitrogen and oxygen atoms in total. The van der Waals surface area contributed by atoms with Crippen LogP contribution in [0.2, 0.25) is 5.02 Å². The van der Waals surface area contributed by atoms with E-state index in [0.717, 1.165) is 36.8 Å². The highest BCUT2D eigenvalue weighted by Gasteiger charge is 2.35. The number of nitriles is 1. The van der Waals surface area contributed by atoms with Crippen molar-refractivity contribution in [3.8, 4) is 11.8 Å². The Morgan fingerprint density at radius 3 is 2.73 bits per heavy atom. The summed E-state index contributed by atoms with van der Waals surface area (Å²) in [6.45, 7) is 0.679. The quantitative estimate of drug-likeness (QED) is 0.823. The molecule has 4 rings (SSSR count). The van der Waals surface area contributed by atoms with Gasteiger partial charge in [0.25, 0.3) is 5.91 Å². The molecule has 6 heteroatoms. The zero-order chi connectivity index (χ0) is 18.1. The van der Waals surface area contributed by atoms with Crippen molar-refractivity contribution in [3.05, 3.63) is 58.4 Å². The van der Waals surface area contributed by atoms with Gasteiger partial charge >= 0.3 is 0 Å². The molecule has 1 aliphatic heterocycles. The van der Waals surface area contributed by atoms with Crippen molar-refractivity contribution < 1.29 is 9.53 Å². The SMILES string of the molecule is N#Cc1ccc(OC2CCC(N3Cc4ccncc4C3=O)CC2)cc1Cl. The Bertz CT molecular complexity index is 885. The number of hydrogen-bond donors (Lipinski definition) is 0. The molecule has 0 atom stereocenters. The van der Waals surface area contributed by atoms with E-state index in [-0.39, 0.29) is 18.1 Å². The first-order chi connectivity index (χ1) is 12.7. The molecule has 1 fully saturated rings. The molecule has 0 N–H and O–H groups in total. The highest BCUT2D eigenvalue weighted by Crippen LogP contribution is 2.32. The van der Waals surface area contributed by atoms with Crippen molar-refractivity contribution in [2.75, 3.05) is 0 Å². The van der Waals surface area contributed by atoms with Gasteiger partial charge in [0.15, 0.2) is 0 Å². The van der Waals surface area contributed by atoms with Crippen LogP contribution in [0.15, 0.2) is 36.7 Å². The first-order valence-electron chi connectivity index (χ1n) is 8.76. The van der Waals surface area contributed by atoms with Crippen LogP contribution in [-0.2, 0) is 6.54 Å². The van der Waals surface area contributed by atoms with Crippen molar-refractivity contribution in [1.29, 1.82) is 5.26 Å². The Hall–Kier alpha value is -2.58. The number of rotatable bonds is 3. The number of hydrogen-bond acceptors (Lipinski definition) is 4. The molecule has 1 aliphatic carbocycles. The minimum absolute atomic E-state index is 0.0938. The van der Waals surface area contributed by atoms with Crippen LogP contribution in [0.4, 0.5) is 0 Å². The van der Waals surface area contributed by atoms with E-state index in [1.54, 1.807) is 30.6 Å². The van der Waals surface area contributed by atoms with Gasteiger partial charge in [0.05, 0.1) is 22.3 Å². The summed E-state index contributed by atoms with van der Waals surface area (Å²) in [5, 5.41) is 9.35. The number of ether oxygens (including phenoxy) is 1. The van der Waals surface area contributed by atoms with Crippen LogP contribution in [0, 0.1) is 11.3 Å². The Balaban J connectivity index is 1.36. The van der Waals surface area contributed by atoms with Gasteiger partial charge in [0.1, 0.15) is 11.8 Å². The predicted molar refractivity (Wildman–Crippen MR) is 96.9 cm³/mol. The summed E-state index contributed by atoms with van der Waals surface area (Å²) in [6, 6.07) is 9.38. The van der Waals surface area contributed by atoms with Crippen LogP contribution >= 0.6 is 11.6 Å². The van der Waals surface area contributed by atoms with Gasteiger partial charge in [-0.2, -0.15) is 5.26 Å². The molecule has 0 bridgehead atoms. The van der Waals surface area contributed by atoms with Gasteiger partial charge in [-0.25, -0.2) is 0 Å². The fraction of sp³-hybridized carbons (Fsp3) is 0.350. The molecule has 2 aromatic rings. The first kappa shape index (κ1) is 16.9. The lowest BCUT2D eigenvalue weighted by molar-refractivity contribution is 0.0561. The summed E-state index contributed by atoms with van der Waals surface area (Å²) in [6.07, 6.45) is 7.13. The number of carbonyl (C=O) groups is 1. The van der Waals surface area contributed by atoms with Crippen molar-refractivity contribution >= 4 is 17.5 Å². The van der Waals surface area contributed by atoms with Crippen LogP contribution < -0.4 is 4.74 Å². The maximum atomic E-state index is 12.6. The zero-order valence-corrected chi connectivity index (χ0v) is 14.9. The highest BCUT2D eigenvalue weighted by atomic mass is 35.5. The lowest BCUT2D eigenvalue weighted by atomic mass is 9.92. The lowest BCUT2D eigenvalue weighted by Gasteiger charge is -2.34. The molecular formula is C20H18ClN3O2. The van der Waals surface area contributed by atoms with Gasteiger partial charge in [-0.1, -0.05) is 11.6 Å². The molecule has 132 valence electrons. The van der Waals surface area contributed by atoms with E-state index in [4.69, 9.17) is 21.6 Å². The smallest absolute Gasteiger partial charge is 0.256 e. The number of carbonyl (C=O) groups excluding carboxylic acids is 1. The molecule has 0 unspecified atom stereocenters. The molecule has 26 heavy (non-hydrogen) atoms. The van der Waals surface area contributed by atoms with Crippen LogP contribution in [0.25, 0.3) is 0 Å². The number of fused-ring (bicyclic) bond motifs is 1. The minimum Gasteiger partial charge on any atom is -0.490 e. The molecule has 1 amide bonds.